The van der Waals surface area contributed by atoms with E-state index in [0.717, 1.165) is 16.3 Å². The molecule has 3 aromatic heterocycles. The number of aryl methyl sites for hydroxylation is 3. The van der Waals surface area contributed by atoms with Crippen molar-refractivity contribution in [1.29, 1.82) is 0 Å². The zero-order valence-electron chi connectivity index (χ0n) is 12.0. The van der Waals surface area contributed by atoms with Gasteiger partial charge in [0.15, 0.2) is 0 Å². The lowest BCUT2D eigenvalue weighted by molar-refractivity contribution is 0.0941. The number of amides is 1. The zero-order valence-corrected chi connectivity index (χ0v) is 12.9. The van der Waals surface area contributed by atoms with Crippen molar-refractivity contribution in [2.45, 2.75) is 27.3 Å². The van der Waals surface area contributed by atoms with E-state index in [1.807, 2.05) is 39.0 Å². The van der Waals surface area contributed by atoms with Crippen LogP contribution in [-0.2, 0) is 6.54 Å². The molecule has 0 fully saturated rings. The zero-order chi connectivity index (χ0) is 15.0. The van der Waals surface area contributed by atoms with Crippen LogP contribution in [0.25, 0.3) is 5.78 Å². The summed E-state index contributed by atoms with van der Waals surface area (Å²) in [6.07, 6.45) is 0. The van der Waals surface area contributed by atoms with Gasteiger partial charge >= 0.3 is 0 Å². The number of carbonyl (C=O) groups is 1. The number of nitrogens with one attached hydrogen (secondary N) is 1. The maximum Gasteiger partial charge on any atom is 0.291 e. The third-order valence-corrected chi connectivity index (χ3v) is 4.04. The van der Waals surface area contributed by atoms with Gasteiger partial charge in [-0.3, -0.25) is 4.79 Å². The monoisotopic (exact) mass is 301 g/mol. The Kier molecular flexibility index (Phi) is 3.42. The molecule has 21 heavy (non-hydrogen) atoms. The highest BCUT2D eigenvalue weighted by atomic mass is 32.1. The van der Waals surface area contributed by atoms with E-state index in [4.69, 9.17) is 0 Å². The smallest absolute Gasteiger partial charge is 0.291 e. The Balaban J connectivity index is 1.80. The molecule has 0 aromatic carbocycles. The normalized spacial score (nSPS) is 11.0. The van der Waals surface area contributed by atoms with Crippen LogP contribution >= 0.6 is 11.3 Å². The molecule has 0 aliphatic rings. The van der Waals surface area contributed by atoms with Crippen LogP contribution in [0.1, 0.15) is 31.8 Å². The van der Waals surface area contributed by atoms with Crippen LogP contribution in [0.3, 0.4) is 0 Å². The van der Waals surface area contributed by atoms with Crippen molar-refractivity contribution in [2.75, 3.05) is 0 Å². The predicted octanol–water partition coefficient (Wildman–Crippen LogP) is 2.04. The Bertz CT molecular complexity index is 820. The van der Waals surface area contributed by atoms with Crippen molar-refractivity contribution >= 4 is 23.0 Å². The largest absolute Gasteiger partial charge is 0.344 e. The molecule has 0 saturated carbocycles. The SMILES string of the molecule is Cc1cc(C)n2nc(C(=O)NCc3ccc(C)s3)nc2n1. The Morgan fingerprint density at radius 1 is 1.29 bits per heavy atom. The molecule has 0 unspecified atom stereocenters. The highest BCUT2D eigenvalue weighted by Gasteiger charge is 2.14. The Morgan fingerprint density at radius 2 is 2.10 bits per heavy atom. The number of thiophene rings is 1. The van der Waals surface area contributed by atoms with Gasteiger partial charge in [-0.1, -0.05) is 0 Å². The van der Waals surface area contributed by atoms with Crippen LogP contribution in [0.15, 0.2) is 18.2 Å². The summed E-state index contributed by atoms with van der Waals surface area (Å²) in [5.74, 6) is 0.303. The van der Waals surface area contributed by atoms with Crippen LogP contribution in [0, 0.1) is 20.8 Å². The number of carbonyl (C=O) groups excluding carboxylic acids is 1. The second kappa shape index (κ2) is 5.25. The average molecular weight is 301 g/mol. The van der Waals surface area contributed by atoms with Gasteiger partial charge in [-0.05, 0) is 39.0 Å². The number of aromatic nitrogens is 4. The van der Waals surface area contributed by atoms with E-state index in [9.17, 15) is 4.79 Å². The first-order valence-corrected chi connectivity index (χ1v) is 7.39. The van der Waals surface area contributed by atoms with Crippen LogP contribution in [0.5, 0.6) is 0 Å². The minimum absolute atomic E-state index is 0.143. The van der Waals surface area contributed by atoms with Gasteiger partial charge in [0.05, 0.1) is 6.54 Å². The molecule has 0 radical (unpaired) electrons. The molecule has 7 heteroatoms. The van der Waals surface area contributed by atoms with Gasteiger partial charge in [0.1, 0.15) is 0 Å². The summed E-state index contributed by atoms with van der Waals surface area (Å²) in [4.78, 5) is 22.9. The quantitative estimate of drug-likeness (QED) is 0.803. The fraction of sp³-hybridized carbons (Fsp3) is 0.286. The molecule has 1 amide bonds. The predicted molar refractivity (Wildman–Crippen MR) is 80.5 cm³/mol. The first-order chi connectivity index (χ1) is 10.0. The fourth-order valence-electron chi connectivity index (χ4n) is 2.09. The van der Waals surface area contributed by atoms with Crippen molar-refractivity contribution in [1.82, 2.24) is 24.9 Å². The highest BCUT2D eigenvalue weighted by molar-refractivity contribution is 7.11. The van der Waals surface area contributed by atoms with Crippen LogP contribution in [0.2, 0.25) is 0 Å². The van der Waals surface area contributed by atoms with Crippen LogP contribution < -0.4 is 5.32 Å². The third-order valence-electron chi connectivity index (χ3n) is 3.04. The second-order valence-electron chi connectivity index (χ2n) is 4.88. The maximum atomic E-state index is 12.1. The maximum absolute atomic E-state index is 12.1. The molecule has 3 heterocycles. The minimum Gasteiger partial charge on any atom is -0.344 e. The lowest BCUT2D eigenvalue weighted by atomic mass is 10.4. The van der Waals surface area contributed by atoms with Gasteiger partial charge in [0.2, 0.25) is 5.82 Å². The van der Waals surface area contributed by atoms with E-state index in [1.54, 1.807) is 15.9 Å². The number of nitrogens with zero attached hydrogens (tertiary/aromatic N) is 4. The van der Waals surface area contributed by atoms with Crippen molar-refractivity contribution < 1.29 is 4.79 Å². The summed E-state index contributed by atoms with van der Waals surface area (Å²) in [6, 6.07) is 5.94. The molecule has 108 valence electrons. The highest BCUT2D eigenvalue weighted by Crippen LogP contribution is 2.14. The molecule has 0 atom stereocenters. The molecule has 6 nitrogen and oxygen atoms in total. The van der Waals surface area contributed by atoms with Crippen LogP contribution in [-0.4, -0.2) is 25.5 Å². The third kappa shape index (κ3) is 2.78. The topological polar surface area (TPSA) is 72.2 Å². The first kappa shape index (κ1) is 13.7. The summed E-state index contributed by atoms with van der Waals surface area (Å²) < 4.78 is 1.58. The average Bonchev–Trinajstić information content (AvgIpc) is 3.02. The van der Waals surface area contributed by atoms with E-state index < -0.39 is 0 Å². The lowest BCUT2D eigenvalue weighted by Gasteiger charge is -1.99. The van der Waals surface area contributed by atoms with Gasteiger partial charge in [0, 0.05) is 21.1 Å². The summed E-state index contributed by atoms with van der Waals surface area (Å²) >= 11 is 1.66. The molecule has 3 aromatic rings. The molecule has 0 saturated heterocycles. The molecule has 1 N–H and O–H groups in total. The summed E-state index contributed by atoms with van der Waals surface area (Å²) in [6.45, 7) is 6.32. The molecule has 0 spiro atoms. The summed E-state index contributed by atoms with van der Waals surface area (Å²) in [5.41, 5.74) is 1.76. The summed E-state index contributed by atoms with van der Waals surface area (Å²) in [7, 11) is 0. The van der Waals surface area contributed by atoms with E-state index in [0.29, 0.717) is 12.3 Å². The van der Waals surface area contributed by atoms with Crippen LogP contribution in [0.4, 0.5) is 0 Å². The van der Waals surface area contributed by atoms with E-state index >= 15 is 0 Å². The van der Waals surface area contributed by atoms with Gasteiger partial charge in [-0.25, -0.2) is 9.50 Å². The molecule has 0 aliphatic carbocycles. The number of hydrogen-bond donors (Lipinski definition) is 1. The van der Waals surface area contributed by atoms with E-state index in [-0.39, 0.29) is 11.7 Å². The van der Waals surface area contributed by atoms with Gasteiger partial charge in [-0.15, -0.1) is 16.4 Å². The van der Waals surface area contributed by atoms with Crippen molar-refractivity contribution in [3.63, 3.8) is 0 Å². The molecule has 3 rings (SSSR count). The number of rotatable bonds is 3. The molecule has 0 aliphatic heterocycles. The minimum atomic E-state index is -0.288. The van der Waals surface area contributed by atoms with Crippen molar-refractivity contribution in [3.05, 3.63) is 45.2 Å². The number of hydrogen-bond acceptors (Lipinski definition) is 5. The Morgan fingerprint density at radius 3 is 2.81 bits per heavy atom. The van der Waals surface area contributed by atoms with Gasteiger partial charge in [0.25, 0.3) is 11.7 Å². The van der Waals surface area contributed by atoms with Gasteiger partial charge in [-0.2, -0.15) is 4.98 Å². The van der Waals surface area contributed by atoms with E-state index in [1.165, 1.54) is 4.88 Å². The van der Waals surface area contributed by atoms with E-state index in [2.05, 4.69) is 20.4 Å². The fourth-order valence-corrected chi connectivity index (χ4v) is 2.92. The van der Waals surface area contributed by atoms with Crippen molar-refractivity contribution in [2.24, 2.45) is 0 Å². The number of fused-ring (bicyclic) bond motifs is 1. The van der Waals surface area contributed by atoms with Gasteiger partial charge < -0.3 is 5.32 Å². The second-order valence-corrected chi connectivity index (χ2v) is 6.25. The Labute approximate surface area is 125 Å². The molecule has 0 bridgehead atoms. The first-order valence-electron chi connectivity index (χ1n) is 6.57. The summed E-state index contributed by atoms with van der Waals surface area (Å²) in [5, 5.41) is 7.03. The lowest BCUT2D eigenvalue weighted by Crippen LogP contribution is -2.23. The van der Waals surface area contributed by atoms with Crippen molar-refractivity contribution in [3.8, 4) is 0 Å². The Hall–Kier alpha value is -2.28. The molecular weight excluding hydrogens is 286 g/mol. The molecular formula is C14H15N5OS. The standard InChI is InChI=1S/C14H15N5OS/c1-8-6-9(2)19-14(16-8)17-12(18-19)13(20)15-7-11-5-4-10(3)21-11/h4-6H,7H2,1-3H3,(H,15,20).